The van der Waals surface area contributed by atoms with E-state index in [1.54, 1.807) is 7.11 Å². The van der Waals surface area contributed by atoms with Crippen LogP contribution in [0.4, 0.5) is 0 Å². The molecule has 0 atom stereocenters. The molecule has 0 aliphatic rings. The third-order valence-corrected chi connectivity index (χ3v) is 3.05. The van der Waals surface area contributed by atoms with Crippen LogP contribution in [0, 0.1) is 0 Å². The topological polar surface area (TPSA) is 76.8 Å². The van der Waals surface area contributed by atoms with Crippen LogP contribution < -0.4 is 10.5 Å². The smallest absolute Gasteiger partial charge is 0.164 e. The van der Waals surface area contributed by atoms with Crippen molar-refractivity contribution in [3.8, 4) is 5.75 Å². The Morgan fingerprint density at radius 2 is 2.16 bits per heavy atom. The van der Waals surface area contributed by atoms with Gasteiger partial charge in [0.1, 0.15) is 11.6 Å². The lowest BCUT2D eigenvalue weighted by molar-refractivity contribution is 0.407. The highest BCUT2D eigenvalue weighted by Gasteiger charge is 2.10. The first-order chi connectivity index (χ1) is 9.13. The van der Waals surface area contributed by atoms with Crippen LogP contribution in [0.5, 0.6) is 5.75 Å². The average Bonchev–Trinajstić information content (AvgIpc) is 2.86. The number of hydrogen-bond donors (Lipinski definition) is 2. The molecule has 0 aliphatic heterocycles. The largest absolute Gasteiger partial charge is 0.496 e. The summed E-state index contributed by atoms with van der Waals surface area (Å²) < 4.78 is 5.38. The Bertz CT molecular complexity index is 548. The average molecular weight is 260 g/mol. The van der Waals surface area contributed by atoms with Gasteiger partial charge in [-0.2, -0.15) is 5.10 Å². The van der Waals surface area contributed by atoms with Gasteiger partial charge in [0.05, 0.1) is 13.7 Å². The van der Waals surface area contributed by atoms with E-state index in [0.29, 0.717) is 18.3 Å². The molecule has 0 radical (unpaired) electrons. The van der Waals surface area contributed by atoms with E-state index in [-0.39, 0.29) is 0 Å². The summed E-state index contributed by atoms with van der Waals surface area (Å²) in [6.07, 6.45) is 0.719. The van der Waals surface area contributed by atoms with Crippen molar-refractivity contribution in [3.05, 3.63) is 41.0 Å². The molecule has 1 aromatic heterocycles. The number of benzene rings is 1. The fourth-order valence-corrected chi connectivity index (χ4v) is 2.04. The minimum Gasteiger partial charge on any atom is -0.496 e. The first-order valence-electron chi connectivity index (χ1n) is 6.41. The normalized spacial score (nSPS) is 11.0. The predicted molar refractivity (Wildman–Crippen MR) is 74.2 cm³/mol. The molecule has 0 fully saturated rings. The monoisotopic (exact) mass is 260 g/mol. The molecule has 0 amide bonds. The molecule has 0 saturated carbocycles. The van der Waals surface area contributed by atoms with Gasteiger partial charge in [-0.25, -0.2) is 4.98 Å². The van der Waals surface area contributed by atoms with E-state index in [0.717, 1.165) is 18.0 Å². The van der Waals surface area contributed by atoms with E-state index in [1.165, 1.54) is 11.1 Å². The summed E-state index contributed by atoms with van der Waals surface area (Å²) in [4.78, 5) is 4.32. The predicted octanol–water partition coefficient (Wildman–Crippen LogP) is 1.99. The molecule has 0 saturated heterocycles. The molecule has 3 N–H and O–H groups in total. The highest BCUT2D eigenvalue weighted by atomic mass is 16.5. The lowest BCUT2D eigenvalue weighted by Gasteiger charge is -2.13. The maximum absolute atomic E-state index is 5.50. The highest BCUT2D eigenvalue weighted by molar-refractivity contribution is 5.40. The number of H-pyrrole nitrogens is 1. The number of methoxy groups -OCH3 is 1. The SMILES string of the molecule is COc1ccc(Cc2nc(CN)n[nH]2)cc1C(C)C. The maximum Gasteiger partial charge on any atom is 0.164 e. The second-order valence-corrected chi connectivity index (χ2v) is 4.81. The zero-order valence-corrected chi connectivity index (χ0v) is 11.6. The molecule has 102 valence electrons. The van der Waals surface area contributed by atoms with Crippen LogP contribution >= 0.6 is 0 Å². The van der Waals surface area contributed by atoms with Crippen LogP contribution in [-0.2, 0) is 13.0 Å². The zero-order valence-electron chi connectivity index (χ0n) is 11.6. The Morgan fingerprint density at radius 1 is 1.37 bits per heavy atom. The molecule has 0 aliphatic carbocycles. The van der Waals surface area contributed by atoms with Crippen molar-refractivity contribution in [1.29, 1.82) is 0 Å². The molecule has 1 aromatic carbocycles. The van der Waals surface area contributed by atoms with Crippen LogP contribution in [-0.4, -0.2) is 22.3 Å². The summed E-state index contributed by atoms with van der Waals surface area (Å²) in [5, 5.41) is 6.95. The minimum absolute atomic E-state index is 0.357. The molecular weight excluding hydrogens is 240 g/mol. The first-order valence-corrected chi connectivity index (χ1v) is 6.41. The van der Waals surface area contributed by atoms with Crippen molar-refractivity contribution in [1.82, 2.24) is 15.2 Å². The van der Waals surface area contributed by atoms with E-state index >= 15 is 0 Å². The van der Waals surface area contributed by atoms with Crippen molar-refractivity contribution in [2.45, 2.75) is 32.7 Å². The molecule has 5 heteroatoms. The summed E-state index contributed by atoms with van der Waals surface area (Å²) in [5.41, 5.74) is 7.89. The van der Waals surface area contributed by atoms with Crippen molar-refractivity contribution in [2.75, 3.05) is 7.11 Å². The summed E-state index contributed by atoms with van der Waals surface area (Å²) in [6.45, 7) is 4.67. The molecule has 5 nitrogen and oxygen atoms in total. The van der Waals surface area contributed by atoms with E-state index in [4.69, 9.17) is 10.5 Å². The number of nitrogens with two attached hydrogens (primary N) is 1. The van der Waals surface area contributed by atoms with Gasteiger partial charge in [-0.05, 0) is 23.1 Å². The van der Waals surface area contributed by atoms with E-state index in [9.17, 15) is 0 Å². The number of nitrogens with one attached hydrogen (secondary N) is 1. The van der Waals surface area contributed by atoms with Crippen LogP contribution in [0.25, 0.3) is 0 Å². The second kappa shape index (κ2) is 5.84. The lowest BCUT2D eigenvalue weighted by atomic mass is 9.98. The van der Waals surface area contributed by atoms with Crippen molar-refractivity contribution < 1.29 is 4.74 Å². The molecular formula is C14H20N4O. The number of aromatic nitrogens is 3. The Morgan fingerprint density at radius 3 is 2.74 bits per heavy atom. The van der Waals surface area contributed by atoms with Crippen LogP contribution in [0.1, 0.15) is 42.5 Å². The Hall–Kier alpha value is -1.88. The Labute approximate surface area is 113 Å². The highest BCUT2D eigenvalue weighted by Crippen LogP contribution is 2.27. The number of rotatable bonds is 5. The third kappa shape index (κ3) is 3.12. The number of nitrogens with zero attached hydrogens (tertiary/aromatic N) is 2. The third-order valence-electron chi connectivity index (χ3n) is 3.05. The fourth-order valence-electron chi connectivity index (χ4n) is 2.04. The van der Waals surface area contributed by atoms with Gasteiger partial charge in [-0.3, -0.25) is 5.10 Å². The fraction of sp³-hybridized carbons (Fsp3) is 0.429. The van der Waals surface area contributed by atoms with Gasteiger partial charge in [0, 0.05) is 6.42 Å². The van der Waals surface area contributed by atoms with Crippen LogP contribution in [0.15, 0.2) is 18.2 Å². The van der Waals surface area contributed by atoms with Crippen molar-refractivity contribution in [2.24, 2.45) is 5.73 Å². The maximum atomic E-state index is 5.50. The van der Waals surface area contributed by atoms with Crippen LogP contribution in [0.2, 0.25) is 0 Å². The van der Waals surface area contributed by atoms with E-state index in [2.05, 4.69) is 41.2 Å². The molecule has 1 heterocycles. The number of aromatic amines is 1. The van der Waals surface area contributed by atoms with Gasteiger partial charge in [0.2, 0.25) is 0 Å². The first kappa shape index (κ1) is 13.5. The molecule has 0 unspecified atom stereocenters. The summed E-state index contributed by atoms with van der Waals surface area (Å²) in [6, 6.07) is 6.22. The summed E-state index contributed by atoms with van der Waals surface area (Å²) in [5.74, 6) is 2.83. The van der Waals surface area contributed by atoms with E-state index < -0.39 is 0 Å². The van der Waals surface area contributed by atoms with Gasteiger partial charge in [-0.1, -0.05) is 26.0 Å². The summed E-state index contributed by atoms with van der Waals surface area (Å²) >= 11 is 0. The Kier molecular flexibility index (Phi) is 4.16. The van der Waals surface area contributed by atoms with Gasteiger partial charge >= 0.3 is 0 Å². The van der Waals surface area contributed by atoms with Crippen molar-refractivity contribution in [3.63, 3.8) is 0 Å². The molecule has 2 aromatic rings. The quantitative estimate of drug-likeness (QED) is 0.862. The van der Waals surface area contributed by atoms with E-state index in [1.807, 2.05) is 6.07 Å². The standard InChI is InChI=1S/C14H20N4O/c1-9(2)11-6-10(4-5-12(11)19-3)7-13-16-14(8-15)18-17-13/h4-6,9H,7-8,15H2,1-3H3,(H,16,17,18). The number of hydrogen-bond acceptors (Lipinski definition) is 4. The molecule has 0 spiro atoms. The minimum atomic E-state index is 0.357. The van der Waals surface area contributed by atoms with Crippen LogP contribution in [0.3, 0.4) is 0 Å². The number of ether oxygens (including phenoxy) is 1. The second-order valence-electron chi connectivity index (χ2n) is 4.81. The molecule has 2 rings (SSSR count). The zero-order chi connectivity index (χ0) is 13.8. The molecule has 19 heavy (non-hydrogen) atoms. The Balaban J connectivity index is 2.23. The summed E-state index contributed by atoms with van der Waals surface area (Å²) in [7, 11) is 1.70. The van der Waals surface area contributed by atoms with Gasteiger partial charge < -0.3 is 10.5 Å². The van der Waals surface area contributed by atoms with Gasteiger partial charge in [0.25, 0.3) is 0 Å². The van der Waals surface area contributed by atoms with Gasteiger partial charge in [-0.15, -0.1) is 0 Å². The van der Waals surface area contributed by atoms with Gasteiger partial charge in [0.15, 0.2) is 5.82 Å². The van der Waals surface area contributed by atoms with Crippen molar-refractivity contribution >= 4 is 0 Å². The molecule has 0 bridgehead atoms. The lowest BCUT2D eigenvalue weighted by Crippen LogP contribution is -1.99.